The number of sulfonamides is 1. The average Bonchev–Trinajstić information content (AvgIpc) is 2.47. The fraction of sp³-hybridized carbons (Fsp3) is 0.267. The van der Waals surface area contributed by atoms with Gasteiger partial charge in [0, 0.05) is 24.5 Å². The van der Waals surface area contributed by atoms with Crippen LogP contribution in [-0.4, -0.2) is 13.4 Å². The van der Waals surface area contributed by atoms with E-state index in [0.717, 1.165) is 11.1 Å². The summed E-state index contributed by atoms with van der Waals surface area (Å²) < 4.78 is 22.8. The van der Waals surface area contributed by atoms with Crippen molar-refractivity contribution in [2.24, 2.45) is 5.14 Å². The summed E-state index contributed by atoms with van der Waals surface area (Å²) in [4.78, 5) is 4.22. The number of nitrogens with two attached hydrogens (primary N) is 1. The van der Waals surface area contributed by atoms with Gasteiger partial charge in [-0.1, -0.05) is 18.2 Å². The fourth-order valence-electron chi connectivity index (χ4n) is 2.16. The largest absolute Gasteiger partial charge is 0.304 e. The monoisotopic (exact) mass is 305 g/mol. The summed E-state index contributed by atoms with van der Waals surface area (Å²) in [6.07, 6.45) is 3.54. The number of primary sulfonamides is 1. The fourth-order valence-corrected chi connectivity index (χ4v) is 2.73. The average molecular weight is 305 g/mol. The lowest BCUT2D eigenvalue weighted by Crippen LogP contribution is -2.23. The van der Waals surface area contributed by atoms with Crippen molar-refractivity contribution in [1.29, 1.82) is 0 Å². The van der Waals surface area contributed by atoms with Crippen molar-refractivity contribution < 1.29 is 8.42 Å². The molecule has 0 aliphatic heterocycles. The number of aromatic nitrogens is 1. The van der Waals surface area contributed by atoms with Gasteiger partial charge in [-0.25, -0.2) is 13.6 Å². The van der Waals surface area contributed by atoms with Gasteiger partial charge >= 0.3 is 0 Å². The Labute approximate surface area is 125 Å². The van der Waals surface area contributed by atoms with Gasteiger partial charge in [-0.05, 0) is 43.2 Å². The summed E-state index contributed by atoms with van der Waals surface area (Å²) >= 11 is 0. The van der Waals surface area contributed by atoms with Crippen LogP contribution in [0.5, 0.6) is 0 Å². The van der Waals surface area contributed by atoms with Crippen molar-refractivity contribution in [2.75, 3.05) is 0 Å². The summed E-state index contributed by atoms with van der Waals surface area (Å²) in [5.41, 5.74) is 1.95. The first-order chi connectivity index (χ1) is 9.88. The van der Waals surface area contributed by atoms with Crippen LogP contribution >= 0.6 is 0 Å². The summed E-state index contributed by atoms with van der Waals surface area (Å²) in [5.74, 6) is 0. The van der Waals surface area contributed by atoms with Gasteiger partial charge < -0.3 is 5.32 Å². The van der Waals surface area contributed by atoms with Crippen LogP contribution in [0.3, 0.4) is 0 Å². The molecule has 1 aromatic carbocycles. The van der Waals surface area contributed by atoms with E-state index in [1.807, 2.05) is 38.2 Å². The maximum atomic E-state index is 11.4. The number of hydrogen-bond acceptors (Lipinski definition) is 4. The zero-order valence-corrected chi connectivity index (χ0v) is 12.8. The lowest BCUT2D eigenvalue weighted by molar-refractivity contribution is 0.493. The Bertz CT molecular complexity index is 702. The minimum absolute atomic E-state index is 0.0121. The van der Waals surface area contributed by atoms with Crippen LogP contribution in [0.2, 0.25) is 0 Å². The van der Waals surface area contributed by atoms with Gasteiger partial charge in [0.1, 0.15) is 0 Å². The van der Waals surface area contributed by atoms with Crippen LogP contribution in [0.1, 0.15) is 37.1 Å². The highest BCUT2D eigenvalue weighted by molar-refractivity contribution is 7.89. The van der Waals surface area contributed by atoms with Crippen molar-refractivity contribution in [1.82, 2.24) is 10.3 Å². The second kappa shape index (κ2) is 6.34. The molecule has 21 heavy (non-hydrogen) atoms. The number of hydrogen-bond donors (Lipinski definition) is 2. The number of rotatable bonds is 5. The van der Waals surface area contributed by atoms with Crippen molar-refractivity contribution in [3.63, 3.8) is 0 Å². The molecule has 0 amide bonds. The van der Waals surface area contributed by atoms with E-state index in [-0.39, 0.29) is 17.0 Å². The molecule has 1 aromatic heterocycles. The van der Waals surface area contributed by atoms with Crippen LogP contribution in [0.4, 0.5) is 0 Å². The van der Waals surface area contributed by atoms with E-state index in [1.165, 1.54) is 6.07 Å². The Morgan fingerprint density at radius 2 is 1.76 bits per heavy atom. The molecule has 0 saturated carbocycles. The third-order valence-corrected chi connectivity index (χ3v) is 4.28. The van der Waals surface area contributed by atoms with Gasteiger partial charge in [0.25, 0.3) is 0 Å². The van der Waals surface area contributed by atoms with Gasteiger partial charge in [0.05, 0.1) is 4.90 Å². The molecule has 0 bridgehead atoms. The number of nitrogens with zero attached hydrogens (tertiary/aromatic N) is 1. The zero-order chi connectivity index (χ0) is 15.5. The molecule has 0 aliphatic carbocycles. The summed E-state index contributed by atoms with van der Waals surface area (Å²) in [7, 11) is -3.68. The molecule has 1 heterocycles. The quantitative estimate of drug-likeness (QED) is 0.886. The van der Waals surface area contributed by atoms with Crippen LogP contribution in [0.15, 0.2) is 53.7 Å². The topological polar surface area (TPSA) is 85.1 Å². The van der Waals surface area contributed by atoms with E-state index in [9.17, 15) is 8.42 Å². The molecule has 112 valence electrons. The molecule has 1 unspecified atom stereocenters. The van der Waals surface area contributed by atoms with E-state index in [0.29, 0.717) is 0 Å². The Balaban J connectivity index is 2.16. The van der Waals surface area contributed by atoms with E-state index in [1.54, 1.807) is 18.3 Å². The standard InChI is InChI=1S/C15H19N3O2S/c1-11(18-12(2)14-6-4-8-17-10-14)13-5-3-7-15(9-13)21(16,19)20/h3-12,18H,1-2H3,(H2,16,19,20)/t11?,12-/m0/s1. The molecule has 2 aromatic rings. The zero-order valence-electron chi connectivity index (χ0n) is 12.0. The molecule has 2 atom stereocenters. The molecular formula is C15H19N3O2S. The maximum Gasteiger partial charge on any atom is 0.238 e. The Kier molecular flexibility index (Phi) is 4.72. The molecule has 6 heteroatoms. The van der Waals surface area contributed by atoms with Crippen LogP contribution < -0.4 is 10.5 Å². The minimum atomic E-state index is -3.68. The van der Waals surface area contributed by atoms with Crippen molar-refractivity contribution >= 4 is 10.0 Å². The molecule has 0 fully saturated rings. The number of nitrogens with one attached hydrogen (secondary N) is 1. The molecule has 0 saturated heterocycles. The van der Waals surface area contributed by atoms with Gasteiger partial charge in [0.2, 0.25) is 10.0 Å². The predicted molar refractivity (Wildman–Crippen MR) is 82.0 cm³/mol. The van der Waals surface area contributed by atoms with E-state index in [4.69, 9.17) is 5.14 Å². The maximum absolute atomic E-state index is 11.4. The van der Waals surface area contributed by atoms with E-state index < -0.39 is 10.0 Å². The molecule has 0 spiro atoms. The van der Waals surface area contributed by atoms with Crippen molar-refractivity contribution in [2.45, 2.75) is 30.8 Å². The lowest BCUT2D eigenvalue weighted by atomic mass is 10.1. The minimum Gasteiger partial charge on any atom is -0.304 e. The Hall–Kier alpha value is -1.76. The first-order valence-corrected chi connectivity index (χ1v) is 8.21. The van der Waals surface area contributed by atoms with Gasteiger partial charge in [-0.15, -0.1) is 0 Å². The van der Waals surface area contributed by atoms with E-state index >= 15 is 0 Å². The highest BCUT2D eigenvalue weighted by Crippen LogP contribution is 2.20. The smallest absolute Gasteiger partial charge is 0.238 e. The lowest BCUT2D eigenvalue weighted by Gasteiger charge is -2.20. The molecule has 0 aliphatic rings. The van der Waals surface area contributed by atoms with Crippen LogP contribution in [-0.2, 0) is 10.0 Å². The first kappa shape index (κ1) is 15.6. The Morgan fingerprint density at radius 3 is 2.38 bits per heavy atom. The van der Waals surface area contributed by atoms with Crippen molar-refractivity contribution in [3.8, 4) is 0 Å². The molecule has 0 radical (unpaired) electrons. The van der Waals surface area contributed by atoms with Crippen LogP contribution in [0.25, 0.3) is 0 Å². The second-order valence-corrected chi connectivity index (χ2v) is 6.58. The third-order valence-electron chi connectivity index (χ3n) is 3.37. The third kappa shape index (κ3) is 4.10. The predicted octanol–water partition coefficient (Wildman–Crippen LogP) is 2.14. The number of pyridine rings is 1. The Morgan fingerprint density at radius 1 is 1.10 bits per heavy atom. The molecular weight excluding hydrogens is 286 g/mol. The van der Waals surface area contributed by atoms with Crippen molar-refractivity contribution in [3.05, 3.63) is 59.9 Å². The van der Waals surface area contributed by atoms with Gasteiger partial charge in [-0.3, -0.25) is 4.98 Å². The summed E-state index contributed by atoms with van der Waals surface area (Å²) in [6.45, 7) is 4.02. The SMILES string of the molecule is CC(N[C@@H](C)c1cccnc1)c1cccc(S(N)(=O)=O)c1. The molecule has 5 nitrogen and oxygen atoms in total. The second-order valence-electron chi connectivity index (χ2n) is 5.01. The van der Waals surface area contributed by atoms with Gasteiger partial charge in [-0.2, -0.15) is 0 Å². The first-order valence-electron chi connectivity index (χ1n) is 6.66. The summed E-state index contributed by atoms with van der Waals surface area (Å²) in [5, 5.41) is 8.58. The molecule has 2 rings (SSSR count). The van der Waals surface area contributed by atoms with E-state index in [2.05, 4.69) is 10.3 Å². The molecule has 3 N–H and O–H groups in total. The highest BCUT2D eigenvalue weighted by atomic mass is 32.2. The highest BCUT2D eigenvalue weighted by Gasteiger charge is 2.14. The summed E-state index contributed by atoms with van der Waals surface area (Å²) in [6, 6.07) is 10.6. The normalized spacial score (nSPS) is 14.6. The number of benzene rings is 1. The van der Waals surface area contributed by atoms with Gasteiger partial charge in [0.15, 0.2) is 0 Å². The van der Waals surface area contributed by atoms with Crippen LogP contribution in [0, 0.1) is 0 Å².